The Morgan fingerprint density at radius 3 is 2.73 bits per heavy atom. The molecule has 0 amide bonds. The fourth-order valence-electron chi connectivity index (χ4n) is 3.31. The highest BCUT2D eigenvalue weighted by Gasteiger charge is 2.21. The zero-order valence-electron chi connectivity index (χ0n) is 13.3. The average Bonchev–Trinajstić information content (AvgIpc) is 2.93. The van der Waals surface area contributed by atoms with Crippen LogP contribution in [0.25, 0.3) is 22.3 Å². The molecule has 0 N–H and O–H groups in total. The van der Waals surface area contributed by atoms with E-state index in [2.05, 4.69) is 32.7 Å². The van der Waals surface area contributed by atoms with E-state index in [-0.39, 0.29) is 0 Å². The van der Waals surface area contributed by atoms with E-state index in [1.165, 1.54) is 19.3 Å². The molecule has 3 aromatic rings. The molecule has 1 fully saturated rings. The molecule has 0 spiro atoms. The first kappa shape index (κ1) is 13.5. The molecule has 0 bridgehead atoms. The molecule has 1 aliphatic carbocycles. The van der Waals surface area contributed by atoms with Gasteiger partial charge in [0.2, 0.25) is 0 Å². The lowest BCUT2D eigenvalue weighted by molar-refractivity contribution is 0.277. The molecule has 114 valence electrons. The normalized spacial score (nSPS) is 15.4. The van der Waals surface area contributed by atoms with Crippen LogP contribution in [0.5, 0.6) is 0 Å². The van der Waals surface area contributed by atoms with Crippen LogP contribution >= 0.6 is 0 Å². The van der Waals surface area contributed by atoms with E-state index in [9.17, 15) is 0 Å². The Hall–Kier alpha value is -2.17. The predicted octanol–water partition coefficient (Wildman–Crippen LogP) is 3.81. The Bertz CT molecular complexity index is 822. The number of aryl methyl sites for hydroxylation is 3. The SMILES string of the molecule is Cc1noc(C)c1-c1cnc2nc(C)n(CC3CCC3)c2c1. The average molecular weight is 296 g/mol. The van der Waals surface area contributed by atoms with Crippen molar-refractivity contribution in [1.29, 1.82) is 0 Å². The highest BCUT2D eigenvalue weighted by molar-refractivity contribution is 5.80. The third-order valence-corrected chi connectivity index (χ3v) is 4.78. The van der Waals surface area contributed by atoms with Crippen molar-refractivity contribution in [1.82, 2.24) is 19.7 Å². The van der Waals surface area contributed by atoms with Crippen molar-refractivity contribution in [2.45, 2.75) is 46.6 Å². The lowest BCUT2D eigenvalue weighted by Gasteiger charge is -2.26. The Morgan fingerprint density at radius 1 is 1.27 bits per heavy atom. The summed E-state index contributed by atoms with van der Waals surface area (Å²) in [5.41, 5.74) is 4.94. The van der Waals surface area contributed by atoms with Gasteiger partial charge in [-0.1, -0.05) is 11.6 Å². The van der Waals surface area contributed by atoms with Gasteiger partial charge < -0.3 is 9.09 Å². The zero-order chi connectivity index (χ0) is 15.3. The van der Waals surface area contributed by atoms with E-state index in [0.717, 1.165) is 52.0 Å². The topological polar surface area (TPSA) is 56.7 Å². The molecule has 22 heavy (non-hydrogen) atoms. The minimum Gasteiger partial charge on any atom is -0.361 e. The first-order valence-corrected chi connectivity index (χ1v) is 7.89. The molecular weight excluding hydrogens is 276 g/mol. The first-order chi connectivity index (χ1) is 10.6. The van der Waals surface area contributed by atoms with E-state index in [0.29, 0.717) is 0 Å². The van der Waals surface area contributed by atoms with Crippen molar-refractivity contribution < 1.29 is 4.52 Å². The molecule has 0 saturated heterocycles. The maximum Gasteiger partial charge on any atom is 0.177 e. The fourth-order valence-corrected chi connectivity index (χ4v) is 3.31. The Morgan fingerprint density at radius 2 is 2.09 bits per heavy atom. The fraction of sp³-hybridized carbons (Fsp3) is 0.471. The number of hydrogen-bond acceptors (Lipinski definition) is 4. The van der Waals surface area contributed by atoms with E-state index < -0.39 is 0 Å². The van der Waals surface area contributed by atoms with Gasteiger partial charge in [-0.05, 0) is 45.6 Å². The van der Waals surface area contributed by atoms with Crippen LogP contribution in [0.1, 0.15) is 36.5 Å². The van der Waals surface area contributed by atoms with Gasteiger partial charge in [-0.2, -0.15) is 0 Å². The van der Waals surface area contributed by atoms with Crippen molar-refractivity contribution in [3.63, 3.8) is 0 Å². The van der Waals surface area contributed by atoms with Crippen molar-refractivity contribution in [2.24, 2.45) is 5.92 Å². The van der Waals surface area contributed by atoms with E-state index >= 15 is 0 Å². The van der Waals surface area contributed by atoms with Gasteiger partial charge in [0, 0.05) is 23.9 Å². The Balaban J connectivity index is 1.83. The highest BCUT2D eigenvalue weighted by atomic mass is 16.5. The lowest BCUT2D eigenvalue weighted by Crippen LogP contribution is -2.18. The van der Waals surface area contributed by atoms with Gasteiger partial charge in [0.15, 0.2) is 5.65 Å². The molecule has 0 atom stereocenters. The van der Waals surface area contributed by atoms with Crippen molar-refractivity contribution >= 4 is 11.2 Å². The monoisotopic (exact) mass is 296 g/mol. The van der Waals surface area contributed by atoms with Crippen LogP contribution in [-0.2, 0) is 6.54 Å². The molecule has 5 nitrogen and oxygen atoms in total. The molecular formula is C17H20N4O. The van der Waals surface area contributed by atoms with Gasteiger partial charge in [0.05, 0.1) is 11.2 Å². The van der Waals surface area contributed by atoms with Crippen molar-refractivity contribution in [3.05, 3.63) is 29.5 Å². The summed E-state index contributed by atoms with van der Waals surface area (Å²) < 4.78 is 7.60. The summed E-state index contributed by atoms with van der Waals surface area (Å²) in [7, 11) is 0. The van der Waals surface area contributed by atoms with Crippen molar-refractivity contribution in [3.8, 4) is 11.1 Å². The first-order valence-electron chi connectivity index (χ1n) is 7.89. The molecule has 1 saturated carbocycles. The predicted molar refractivity (Wildman–Crippen MR) is 84.6 cm³/mol. The molecule has 3 aromatic heterocycles. The molecule has 0 radical (unpaired) electrons. The molecule has 5 heteroatoms. The minimum absolute atomic E-state index is 0.791. The molecule has 0 aliphatic heterocycles. The van der Waals surface area contributed by atoms with Gasteiger partial charge in [0.25, 0.3) is 0 Å². The third-order valence-electron chi connectivity index (χ3n) is 4.78. The summed E-state index contributed by atoms with van der Waals surface area (Å²) in [6.07, 6.45) is 5.89. The summed E-state index contributed by atoms with van der Waals surface area (Å²) in [5, 5.41) is 4.05. The van der Waals surface area contributed by atoms with Crippen molar-refractivity contribution in [2.75, 3.05) is 0 Å². The van der Waals surface area contributed by atoms with Crippen LogP contribution in [0.4, 0.5) is 0 Å². The van der Waals surface area contributed by atoms with Gasteiger partial charge >= 0.3 is 0 Å². The van der Waals surface area contributed by atoms with E-state index in [1.807, 2.05) is 20.0 Å². The standard InChI is InChI=1S/C17H20N4O/c1-10-16(11(2)22-20-10)14-7-15-17(18-8-14)19-12(3)21(15)9-13-5-4-6-13/h7-8,13H,4-6,9H2,1-3H3. The number of fused-ring (bicyclic) bond motifs is 1. The Labute approximate surface area is 129 Å². The number of aromatic nitrogens is 4. The van der Waals surface area contributed by atoms with Crippen LogP contribution < -0.4 is 0 Å². The van der Waals surface area contributed by atoms with Crippen LogP contribution in [0.2, 0.25) is 0 Å². The summed E-state index contributed by atoms with van der Waals surface area (Å²) in [5.74, 6) is 2.67. The van der Waals surface area contributed by atoms with Gasteiger partial charge in [-0.15, -0.1) is 0 Å². The smallest absolute Gasteiger partial charge is 0.177 e. The van der Waals surface area contributed by atoms with Gasteiger partial charge in [-0.3, -0.25) is 0 Å². The lowest BCUT2D eigenvalue weighted by atomic mass is 9.85. The number of pyridine rings is 1. The van der Waals surface area contributed by atoms with E-state index in [1.54, 1.807) is 0 Å². The van der Waals surface area contributed by atoms with Crippen LogP contribution in [-0.4, -0.2) is 19.7 Å². The van der Waals surface area contributed by atoms with Gasteiger partial charge in [-0.25, -0.2) is 9.97 Å². The molecule has 4 rings (SSSR count). The quantitative estimate of drug-likeness (QED) is 0.737. The summed E-state index contributed by atoms with van der Waals surface area (Å²) in [6, 6.07) is 2.17. The van der Waals surface area contributed by atoms with Crippen LogP contribution in [0.15, 0.2) is 16.8 Å². The molecule has 0 unspecified atom stereocenters. The summed E-state index contributed by atoms with van der Waals surface area (Å²) in [6.45, 7) is 7.02. The zero-order valence-corrected chi connectivity index (χ0v) is 13.3. The van der Waals surface area contributed by atoms with Crippen LogP contribution in [0.3, 0.4) is 0 Å². The number of imidazole rings is 1. The maximum atomic E-state index is 5.29. The highest BCUT2D eigenvalue weighted by Crippen LogP contribution is 2.32. The van der Waals surface area contributed by atoms with Gasteiger partial charge in [0.1, 0.15) is 11.6 Å². The largest absolute Gasteiger partial charge is 0.361 e. The number of nitrogens with zero attached hydrogens (tertiary/aromatic N) is 4. The minimum atomic E-state index is 0.791. The molecule has 3 heterocycles. The number of hydrogen-bond donors (Lipinski definition) is 0. The second-order valence-electron chi connectivity index (χ2n) is 6.33. The third kappa shape index (κ3) is 2.03. The van der Waals surface area contributed by atoms with Crippen LogP contribution in [0, 0.1) is 26.7 Å². The Kier molecular flexibility index (Phi) is 3.03. The molecule has 1 aliphatic rings. The molecule has 0 aromatic carbocycles. The summed E-state index contributed by atoms with van der Waals surface area (Å²) in [4.78, 5) is 9.16. The second-order valence-corrected chi connectivity index (χ2v) is 6.33. The van der Waals surface area contributed by atoms with E-state index in [4.69, 9.17) is 4.52 Å². The maximum absolute atomic E-state index is 5.29. The second kappa shape index (κ2) is 4.93. The summed E-state index contributed by atoms with van der Waals surface area (Å²) >= 11 is 0. The number of rotatable bonds is 3.